The van der Waals surface area contributed by atoms with Crippen LogP contribution in [0.15, 0.2) is 12.1 Å². The van der Waals surface area contributed by atoms with Crippen molar-refractivity contribution in [1.29, 1.82) is 0 Å². The number of carboxylic acid groups (broad SMARTS) is 2. The summed E-state index contributed by atoms with van der Waals surface area (Å²) in [6, 6.07) is 2.19. The molecule has 1 aromatic rings. The number of hydrogen-bond acceptors (Lipinski definition) is 2. The van der Waals surface area contributed by atoms with E-state index in [1.807, 2.05) is 0 Å². The third-order valence-electron chi connectivity index (χ3n) is 1.54. The van der Waals surface area contributed by atoms with Gasteiger partial charge in [0.2, 0.25) is 0 Å². The highest BCUT2D eigenvalue weighted by Gasteiger charge is 2.17. The molecule has 0 saturated carbocycles. The summed E-state index contributed by atoms with van der Waals surface area (Å²) in [6.45, 7) is 0. The molecule has 0 spiro atoms. The Balaban J connectivity index is 0. The van der Waals surface area contributed by atoms with E-state index in [1.54, 1.807) is 0 Å². The van der Waals surface area contributed by atoms with Gasteiger partial charge in [0.1, 0.15) is 0 Å². The molecule has 0 radical (unpaired) electrons. The van der Waals surface area contributed by atoms with Crippen LogP contribution in [0.2, 0.25) is 10.0 Å². The summed E-state index contributed by atoms with van der Waals surface area (Å²) in [7, 11) is 0. The molecule has 0 fully saturated rings. The number of halogens is 4. The largest absolute Gasteiger partial charge is 0.478 e. The van der Waals surface area contributed by atoms with Crippen LogP contribution in [0.1, 0.15) is 20.7 Å². The molecule has 2 N–H and O–H groups in total. The Kier molecular flexibility index (Phi) is 7.53. The Bertz CT molecular complexity index is 380. The van der Waals surface area contributed by atoms with Crippen molar-refractivity contribution in [2.24, 2.45) is 0 Å². The fourth-order valence-electron chi connectivity index (χ4n) is 0.880. The lowest BCUT2D eigenvalue weighted by molar-refractivity contribution is 0.0681. The first-order valence-corrected chi connectivity index (χ1v) is 4.15. The zero-order chi connectivity index (χ0) is 10.9. The third-order valence-corrected chi connectivity index (χ3v) is 2.43. The van der Waals surface area contributed by atoms with Crippen molar-refractivity contribution in [1.82, 2.24) is 0 Å². The Morgan fingerprint density at radius 1 is 0.875 bits per heavy atom. The molecule has 1 rings (SSSR count). The van der Waals surface area contributed by atoms with Crippen molar-refractivity contribution in [2.75, 3.05) is 0 Å². The second kappa shape index (κ2) is 6.81. The molecule has 16 heavy (non-hydrogen) atoms. The summed E-state index contributed by atoms with van der Waals surface area (Å²) >= 11 is 11.1. The van der Waals surface area contributed by atoms with Crippen LogP contribution in [0.25, 0.3) is 0 Å². The van der Waals surface area contributed by atoms with Crippen LogP contribution < -0.4 is 0 Å². The van der Waals surface area contributed by atoms with E-state index in [-0.39, 0.29) is 46.0 Å². The van der Waals surface area contributed by atoms with Crippen molar-refractivity contribution in [2.45, 2.75) is 0 Å². The van der Waals surface area contributed by atoms with Crippen LogP contribution in [-0.2, 0) is 0 Å². The van der Waals surface area contributed by atoms with Gasteiger partial charge in [-0.05, 0) is 12.1 Å². The Labute approximate surface area is 113 Å². The molecule has 0 amide bonds. The number of aromatic carboxylic acids is 2. The smallest absolute Gasteiger partial charge is 0.337 e. The number of carboxylic acids is 2. The predicted octanol–water partition coefficient (Wildman–Crippen LogP) is 3.23. The first kappa shape index (κ1) is 17.7. The van der Waals surface area contributed by atoms with Gasteiger partial charge in [-0.25, -0.2) is 9.59 Å². The van der Waals surface area contributed by atoms with Gasteiger partial charge in [-0.3, -0.25) is 0 Å². The lowest BCUT2D eigenvalue weighted by Crippen LogP contribution is -2.03. The molecule has 8 heteroatoms. The molecule has 90 valence electrons. The van der Waals surface area contributed by atoms with Gasteiger partial charge in [0.05, 0.1) is 21.2 Å². The van der Waals surface area contributed by atoms with Gasteiger partial charge < -0.3 is 10.2 Å². The van der Waals surface area contributed by atoms with E-state index in [1.165, 1.54) is 0 Å². The van der Waals surface area contributed by atoms with Gasteiger partial charge in [-0.1, -0.05) is 23.2 Å². The van der Waals surface area contributed by atoms with Crippen molar-refractivity contribution in [3.63, 3.8) is 0 Å². The van der Waals surface area contributed by atoms with Gasteiger partial charge in [0, 0.05) is 0 Å². The molecule has 4 nitrogen and oxygen atoms in total. The van der Waals surface area contributed by atoms with E-state index >= 15 is 0 Å². The summed E-state index contributed by atoms with van der Waals surface area (Å²) in [4.78, 5) is 21.1. The van der Waals surface area contributed by atoms with Crippen molar-refractivity contribution in [3.8, 4) is 0 Å². The standard InChI is InChI=1S/C8H4Cl2O4.2ClH/c9-5-3(7(11)12)1-2-4(6(5)10)8(13)14;;/h1-2H,(H,11,12)(H,13,14);2*1H. The van der Waals surface area contributed by atoms with Crippen molar-refractivity contribution in [3.05, 3.63) is 33.3 Å². The van der Waals surface area contributed by atoms with Crippen LogP contribution in [0, 0.1) is 0 Å². The average molecular weight is 308 g/mol. The molecule has 0 heterocycles. The molecule has 0 aliphatic carbocycles. The minimum atomic E-state index is -1.26. The fraction of sp³-hybridized carbons (Fsp3) is 0. The first-order valence-electron chi connectivity index (χ1n) is 3.39. The van der Waals surface area contributed by atoms with E-state index in [0.29, 0.717) is 0 Å². The highest BCUT2D eigenvalue weighted by Crippen LogP contribution is 2.29. The van der Waals surface area contributed by atoms with Crippen molar-refractivity contribution >= 4 is 60.0 Å². The molecule has 0 bridgehead atoms. The second-order valence-electron chi connectivity index (χ2n) is 2.40. The minimum Gasteiger partial charge on any atom is -0.478 e. The predicted molar refractivity (Wildman–Crippen MR) is 64.9 cm³/mol. The molecule has 0 aliphatic heterocycles. The van der Waals surface area contributed by atoms with Gasteiger partial charge in [0.15, 0.2) is 0 Å². The fourth-order valence-corrected chi connectivity index (χ4v) is 1.37. The topological polar surface area (TPSA) is 74.6 Å². The molecule has 0 aromatic heterocycles. The monoisotopic (exact) mass is 306 g/mol. The van der Waals surface area contributed by atoms with Crippen molar-refractivity contribution < 1.29 is 19.8 Å². The number of rotatable bonds is 2. The molecular weight excluding hydrogens is 302 g/mol. The third kappa shape index (κ3) is 3.42. The normalized spacial score (nSPS) is 8.62. The van der Waals surface area contributed by atoms with Crippen LogP contribution in [0.3, 0.4) is 0 Å². The van der Waals surface area contributed by atoms with E-state index in [9.17, 15) is 9.59 Å². The Morgan fingerprint density at radius 2 is 1.12 bits per heavy atom. The summed E-state index contributed by atoms with van der Waals surface area (Å²) in [5.74, 6) is -2.51. The van der Waals surface area contributed by atoms with Crippen LogP contribution in [0.4, 0.5) is 0 Å². The maximum atomic E-state index is 10.6. The molecule has 1 aromatic carbocycles. The van der Waals surface area contributed by atoms with Crippen LogP contribution in [0.5, 0.6) is 0 Å². The average Bonchev–Trinajstić information content (AvgIpc) is 2.08. The first-order chi connectivity index (χ1) is 6.45. The quantitative estimate of drug-likeness (QED) is 0.879. The van der Waals surface area contributed by atoms with E-state index in [0.717, 1.165) is 12.1 Å². The number of benzene rings is 1. The van der Waals surface area contributed by atoms with Crippen LogP contribution in [-0.4, -0.2) is 22.2 Å². The molecule has 0 saturated heterocycles. The number of carbonyl (C=O) groups is 2. The number of hydrogen-bond donors (Lipinski definition) is 2. The maximum absolute atomic E-state index is 10.6. The minimum absolute atomic E-state index is 0. The summed E-state index contributed by atoms with van der Waals surface area (Å²) in [5, 5.41) is 16.7. The lowest BCUT2D eigenvalue weighted by atomic mass is 10.1. The highest BCUT2D eigenvalue weighted by atomic mass is 35.5. The maximum Gasteiger partial charge on any atom is 0.337 e. The Hall–Kier alpha value is -0.680. The van der Waals surface area contributed by atoms with Gasteiger partial charge in [-0.15, -0.1) is 24.8 Å². The van der Waals surface area contributed by atoms with Crippen LogP contribution >= 0.6 is 48.0 Å². The molecule has 0 unspecified atom stereocenters. The SMILES string of the molecule is Cl.Cl.O=C(O)c1ccc(C(=O)O)c(Cl)c1Cl. The van der Waals surface area contributed by atoms with Gasteiger partial charge >= 0.3 is 11.9 Å². The summed E-state index contributed by atoms with van der Waals surface area (Å²) in [6.07, 6.45) is 0. The Morgan fingerprint density at radius 3 is 1.31 bits per heavy atom. The summed E-state index contributed by atoms with van der Waals surface area (Å²) in [5.41, 5.74) is -0.441. The van der Waals surface area contributed by atoms with Gasteiger partial charge in [0.25, 0.3) is 0 Å². The molecule has 0 aliphatic rings. The molecule has 0 atom stereocenters. The highest BCUT2D eigenvalue weighted by molar-refractivity contribution is 6.45. The summed E-state index contributed by atoms with van der Waals surface area (Å²) < 4.78 is 0. The second-order valence-corrected chi connectivity index (χ2v) is 3.15. The zero-order valence-electron chi connectivity index (χ0n) is 7.44. The zero-order valence-corrected chi connectivity index (χ0v) is 10.6. The van der Waals surface area contributed by atoms with E-state index < -0.39 is 11.9 Å². The van der Waals surface area contributed by atoms with E-state index in [4.69, 9.17) is 33.4 Å². The van der Waals surface area contributed by atoms with E-state index in [2.05, 4.69) is 0 Å². The van der Waals surface area contributed by atoms with Gasteiger partial charge in [-0.2, -0.15) is 0 Å². The molecular formula is C8H6Cl4O4. The lowest BCUT2D eigenvalue weighted by Gasteiger charge is -2.03.